The Morgan fingerprint density at radius 2 is 1.73 bits per heavy atom. The van der Waals surface area contributed by atoms with E-state index < -0.39 is 35.6 Å². The number of hydrogen-bond acceptors (Lipinski definition) is 5. The largest absolute Gasteiger partial charge is 0.394 e. The summed E-state index contributed by atoms with van der Waals surface area (Å²) in [6.07, 6.45) is 5.19. The minimum atomic E-state index is -1.24. The molecule has 2 aromatic rings. The van der Waals surface area contributed by atoms with Gasteiger partial charge in [0.05, 0.1) is 30.6 Å². The van der Waals surface area contributed by atoms with Crippen molar-refractivity contribution in [3.63, 3.8) is 0 Å². The molecule has 2 aromatic carbocycles. The summed E-state index contributed by atoms with van der Waals surface area (Å²) < 4.78 is 6.80. The lowest BCUT2D eigenvalue weighted by Crippen LogP contribution is -2.60. The zero-order valence-corrected chi connectivity index (χ0v) is 27.7. The highest BCUT2D eigenvalue weighted by Gasteiger charge is 2.77. The van der Waals surface area contributed by atoms with Crippen LogP contribution in [0, 0.1) is 11.8 Å². The number of nitrogens with zero attached hydrogens (tertiary/aromatic N) is 3. The molecule has 3 amide bonds. The number of ether oxygens (including phenoxy) is 1. The van der Waals surface area contributed by atoms with Gasteiger partial charge < -0.3 is 24.5 Å². The summed E-state index contributed by atoms with van der Waals surface area (Å²) in [5, 5.41) is 10.8. The van der Waals surface area contributed by atoms with Gasteiger partial charge in [-0.2, -0.15) is 0 Å². The van der Waals surface area contributed by atoms with Crippen molar-refractivity contribution in [1.82, 2.24) is 9.80 Å². The third-order valence-electron chi connectivity index (χ3n) is 9.66. The molecular formula is C36H44BrN3O5. The highest BCUT2D eigenvalue weighted by atomic mass is 79.9. The van der Waals surface area contributed by atoms with Crippen LogP contribution in [-0.2, 0) is 25.5 Å². The molecule has 0 radical (unpaired) electrons. The number of alkyl halides is 1. The van der Waals surface area contributed by atoms with Gasteiger partial charge in [-0.3, -0.25) is 14.4 Å². The molecular weight excluding hydrogens is 634 g/mol. The lowest BCUT2D eigenvalue weighted by molar-refractivity contribution is -0.152. The van der Waals surface area contributed by atoms with Crippen LogP contribution in [-0.4, -0.2) is 87.0 Å². The normalized spacial score (nSPS) is 28.0. The summed E-state index contributed by atoms with van der Waals surface area (Å²) >= 11 is 3.79. The Labute approximate surface area is 274 Å². The van der Waals surface area contributed by atoms with E-state index in [9.17, 15) is 19.5 Å². The van der Waals surface area contributed by atoms with Crippen molar-refractivity contribution in [3.8, 4) is 0 Å². The molecule has 0 aliphatic carbocycles. The van der Waals surface area contributed by atoms with E-state index in [2.05, 4.69) is 36.0 Å². The molecule has 3 heterocycles. The quantitative estimate of drug-likeness (QED) is 0.230. The topological polar surface area (TPSA) is 90.4 Å². The summed E-state index contributed by atoms with van der Waals surface area (Å²) in [6.45, 7) is 12.1. The van der Waals surface area contributed by atoms with Crippen molar-refractivity contribution in [2.45, 2.75) is 74.2 Å². The van der Waals surface area contributed by atoms with Crippen LogP contribution in [0.15, 0.2) is 86.0 Å². The fourth-order valence-corrected chi connectivity index (χ4v) is 8.70. The number of fused-ring (bicyclic) bond motifs is 1. The maximum Gasteiger partial charge on any atom is 0.248 e. The molecule has 240 valence electrons. The Morgan fingerprint density at radius 1 is 1.09 bits per heavy atom. The average Bonchev–Trinajstić information content (AvgIpc) is 3.65. The van der Waals surface area contributed by atoms with E-state index in [0.29, 0.717) is 25.1 Å². The number of halogens is 1. The molecule has 5 rings (SSSR count). The van der Waals surface area contributed by atoms with Crippen LogP contribution in [0.25, 0.3) is 0 Å². The molecule has 8 nitrogen and oxygen atoms in total. The van der Waals surface area contributed by atoms with Crippen molar-refractivity contribution in [3.05, 3.63) is 91.5 Å². The highest BCUT2D eigenvalue weighted by molar-refractivity contribution is 9.09. The van der Waals surface area contributed by atoms with Crippen molar-refractivity contribution in [2.75, 3.05) is 24.6 Å². The fourth-order valence-electron chi connectivity index (χ4n) is 7.76. The van der Waals surface area contributed by atoms with Crippen molar-refractivity contribution in [1.29, 1.82) is 0 Å². The zero-order valence-electron chi connectivity index (χ0n) is 26.1. The Balaban J connectivity index is 1.62. The summed E-state index contributed by atoms with van der Waals surface area (Å²) in [4.78, 5) is 49.0. The molecule has 4 unspecified atom stereocenters. The second-order valence-corrected chi connectivity index (χ2v) is 13.6. The predicted molar refractivity (Wildman–Crippen MR) is 179 cm³/mol. The van der Waals surface area contributed by atoms with E-state index in [1.807, 2.05) is 67.6 Å². The average molecular weight is 679 g/mol. The second kappa shape index (κ2) is 14.0. The third kappa shape index (κ3) is 5.90. The van der Waals surface area contributed by atoms with E-state index >= 15 is 0 Å². The van der Waals surface area contributed by atoms with Gasteiger partial charge in [0.15, 0.2) is 0 Å². The van der Waals surface area contributed by atoms with Crippen LogP contribution < -0.4 is 4.90 Å². The molecule has 2 bridgehead atoms. The minimum Gasteiger partial charge on any atom is -0.394 e. The third-order valence-corrected chi connectivity index (χ3v) is 10.5. The Bertz CT molecular complexity index is 1390. The predicted octanol–water partition coefficient (Wildman–Crippen LogP) is 4.76. The molecule has 45 heavy (non-hydrogen) atoms. The van der Waals surface area contributed by atoms with Gasteiger partial charge in [0.2, 0.25) is 17.7 Å². The molecule has 3 aliphatic rings. The number of carbonyl (C=O) groups is 3. The Kier molecular flexibility index (Phi) is 10.3. The first-order chi connectivity index (χ1) is 21.7. The number of likely N-dealkylation sites (tertiary alicyclic amines) is 1. The van der Waals surface area contributed by atoms with Crippen molar-refractivity contribution >= 4 is 39.3 Å². The summed E-state index contributed by atoms with van der Waals surface area (Å²) in [5.74, 6) is -2.51. The molecule has 8 atom stereocenters. The van der Waals surface area contributed by atoms with Gasteiger partial charge in [-0.15, -0.1) is 13.2 Å². The van der Waals surface area contributed by atoms with Crippen molar-refractivity contribution in [2.24, 2.45) is 11.8 Å². The number of carbonyl (C=O) groups excluding carboxylic acids is 3. The second-order valence-electron chi connectivity index (χ2n) is 12.4. The molecule has 3 saturated heterocycles. The number of para-hydroxylation sites is 1. The van der Waals surface area contributed by atoms with Crippen LogP contribution in [0.5, 0.6) is 0 Å². The number of benzene rings is 2. The number of anilines is 1. The smallest absolute Gasteiger partial charge is 0.248 e. The molecule has 1 spiro atoms. The van der Waals surface area contributed by atoms with Gasteiger partial charge in [-0.1, -0.05) is 90.0 Å². The standard InChI is InChI=1S/C36H44BrN3O5/c1-5-14-24(4)38(19-6-2)35(44)32-36-22-28(37)31(45-36)29(33(42)39(20-7-3)26-17-12-9-13-18-26)30(36)34(43)40(32)27(23-41)21-25-15-10-8-11-16-25/h6-13,15-18,24,27-32,41H,2-3,5,14,19-23H2,1,4H3/t24?,27-,28?,29+,30+,31+,32?,36?/m1/s1. The first-order valence-electron chi connectivity index (χ1n) is 15.9. The number of aliphatic hydroxyl groups is 1. The Morgan fingerprint density at radius 3 is 2.33 bits per heavy atom. The minimum absolute atomic E-state index is 0.105. The first kappa shape index (κ1) is 33.1. The monoisotopic (exact) mass is 677 g/mol. The van der Waals surface area contributed by atoms with Gasteiger partial charge in [0, 0.05) is 29.6 Å². The van der Waals surface area contributed by atoms with E-state index in [4.69, 9.17) is 4.74 Å². The lowest BCUT2D eigenvalue weighted by atomic mass is 9.70. The molecule has 0 aromatic heterocycles. The van der Waals surface area contributed by atoms with Crippen LogP contribution in [0.4, 0.5) is 5.69 Å². The summed E-state index contributed by atoms with van der Waals surface area (Å²) in [6, 6.07) is 17.2. The van der Waals surface area contributed by atoms with Crippen LogP contribution in [0.2, 0.25) is 0 Å². The van der Waals surface area contributed by atoms with Gasteiger partial charge >= 0.3 is 0 Å². The van der Waals surface area contributed by atoms with E-state index in [0.717, 1.165) is 18.4 Å². The summed E-state index contributed by atoms with van der Waals surface area (Å²) in [5.41, 5.74) is 0.396. The molecule has 1 N–H and O–H groups in total. The van der Waals surface area contributed by atoms with Gasteiger partial charge in [0.25, 0.3) is 0 Å². The first-order valence-corrected chi connectivity index (χ1v) is 16.8. The van der Waals surface area contributed by atoms with E-state index in [1.54, 1.807) is 26.9 Å². The number of aliphatic hydroxyl groups excluding tert-OH is 1. The van der Waals surface area contributed by atoms with E-state index in [1.165, 1.54) is 0 Å². The maximum atomic E-state index is 14.8. The van der Waals surface area contributed by atoms with Crippen LogP contribution in [0.3, 0.4) is 0 Å². The zero-order chi connectivity index (χ0) is 32.3. The highest BCUT2D eigenvalue weighted by Crippen LogP contribution is 2.61. The summed E-state index contributed by atoms with van der Waals surface area (Å²) in [7, 11) is 0. The molecule has 9 heteroatoms. The van der Waals surface area contributed by atoms with E-state index in [-0.39, 0.29) is 41.7 Å². The molecule has 3 aliphatic heterocycles. The van der Waals surface area contributed by atoms with Gasteiger partial charge in [-0.05, 0) is 43.9 Å². The SMILES string of the molecule is C=CCN(C(=O)[C@H]1[C@H]2C(=O)N([C@@H](CO)Cc3ccccc3)C(C(=O)N(CC=C)C(C)CCC)C23CC(Br)[C@@H]1O3)c1ccccc1. The number of rotatable bonds is 14. The number of amides is 3. The fraction of sp³-hybridized carbons (Fsp3) is 0.472. The van der Waals surface area contributed by atoms with Gasteiger partial charge in [-0.25, -0.2) is 0 Å². The number of hydrogen-bond donors (Lipinski definition) is 1. The van der Waals surface area contributed by atoms with Crippen molar-refractivity contribution < 1.29 is 24.2 Å². The Hall–Kier alpha value is -3.27. The van der Waals surface area contributed by atoms with Gasteiger partial charge in [0.1, 0.15) is 11.6 Å². The van der Waals surface area contributed by atoms with Crippen LogP contribution in [0.1, 0.15) is 38.7 Å². The maximum absolute atomic E-state index is 14.8. The molecule has 3 fully saturated rings. The molecule has 0 saturated carbocycles. The lowest BCUT2D eigenvalue weighted by Gasteiger charge is -2.41. The van der Waals surface area contributed by atoms with Crippen LogP contribution >= 0.6 is 15.9 Å².